The molecule has 0 aliphatic carbocycles. The summed E-state index contributed by atoms with van der Waals surface area (Å²) in [6.07, 6.45) is 6.72. The number of carbonyl (C=O) groups is 3. The summed E-state index contributed by atoms with van der Waals surface area (Å²) >= 11 is 2.76. The normalized spacial score (nSPS) is 19.9. The molecule has 1 fully saturated rings. The van der Waals surface area contributed by atoms with Gasteiger partial charge >= 0.3 is 0 Å². The van der Waals surface area contributed by atoms with Gasteiger partial charge in [0, 0.05) is 16.7 Å². The molecule has 0 saturated carbocycles. The highest BCUT2D eigenvalue weighted by atomic mass is 32.2. The zero-order chi connectivity index (χ0) is 23.4. The molecule has 0 radical (unpaired) electrons. The van der Waals surface area contributed by atoms with Gasteiger partial charge in [0.05, 0.1) is 17.4 Å². The number of aliphatic carboxylic acids is 1. The largest absolute Gasteiger partial charge is 0.543 e. The Bertz CT molecular complexity index is 1140. The lowest BCUT2D eigenvalue weighted by molar-refractivity contribution is -0.687. The molecule has 3 heterocycles. The lowest BCUT2D eigenvalue weighted by Crippen LogP contribution is -2.71. The van der Waals surface area contributed by atoms with Crippen LogP contribution in [-0.2, 0) is 20.9 Å². The Morgan fingerprint density at radius 1 is 1.27 bits per heavy atom. The van der Waals surface area contributed by atoms with E-state index in [4.69, 9.17) is 0 Å². The van der Waals surface area contributed by atoms with E-state index in [-0.39, 0.29) is 23.1 Å². The van der Waals surface area contributed by atoms with Crippen molar-refractivity contribution in [1.82, 2.24) is 10.2 Å². The third kappa shape index (κ3) is 5.23. The van der Waals surface area contributed by atoms with Gasteiger partial charge in [0.1, 0.15) is 11.4 Å². The van der Waals surface area contributed by atoms with E-state index in [1.165, 1.54) is 28.4 Å². The molecule has 1 aromatic carbocycles. The van der Waals surface area contributed by atoms with Crippen LogP contribution in [-0.4, -0.2) is 50.7 Å². The number of β-lactam (4-membered cyclic amide) rings is 1. The summed E-state index contributed by atoms with van der Waals surface area (Å²) in [7, 11) is 0. The summed E-state index contributed by atoms with van der Waals surface area (Å²) in [5.41, 5.74) is 0.305. The van der Waals surface area contributed by atoms with E-state index in [0.29, 0.717) is 17.9 Å². The van der Waals surface area contributed by atoms with Gasteiger partial charge in [0.25, 0.3) is 5.91 Å². The molecule has 10 heteroatoms. The van der Waals surface area contributed by atoms with Crippen molar-refractivity contribution in [3.63, 3.8) is 0 Å². The number of hydrogen-bond acceptors (Lipinski definition) is 7. The number of fused-ring (bicyclic) bond motifs is 1. The van der Waals surface area contributed by atoms with Crippen LogP contribution in [0.4, 0.5) is 0 Å². The van der Waals surface area contributed by atoms with Crippen molar-refractivity contribution in [2.75, 3.05) is 11.5 Å². The van der Waals surface area contributed by atoms with Crippen molar-refractivity contribution in [2.24, 2.45) is 0 Å². The molecule has 2 aromatic rings. The third-order valence-electron chi connectivity index (χ3n) is 5.10. The first-order valence-electron chi connectivity index (χ1n) is 10.1. The number of rotatable bonds is 8. The van der Waals surface area contributed by atoms with Crippen LogP contribution in [0.5, 0.6) is 5.75 Å². The number of carboxylic acids is 1. The number of amides is 2. The van der Waals surface area contributed by atoms with Gasteiger partial charge in [-0.15, -0.1) is 23.5 Å². The van der Waals surface area contributed by atoms with E-state index >= 15 is 0 Å². The van der Waals surface area contributed by atoms with E-state index in [1.807, 2.05) is 30.3 Å². The highest BCUT2D eigenvalue weighted by molar-refractivity contribution is 8.00. The van der Waals surface area contributed by atoms with Crippen LogP contribution < -0.4 is 15.0 Å². The number of thioether (sulfide) groups is 2. The predicted octanol–water partition coefficient (Wildman–Crippen LogP) is 0.432. The zero-order valence-electron chi connectivity index (χ0n) is 17.4. The maximum atomic E-state index is 12.7. The second-order valence-electron chi connectivity index (χ2n) is 7.38. The maximum absolute atomic E-state index is 12.7. The molecule has 0 unspecified atom stereocenters. The Kier molecular flexibility index (Phi) is 7.05. The first-order valence-corrected chi connectivity index (χ1v) is 12.2. The Morgan fingerprint density at radius 3 is 2.79 bits per heavy atom. The number of nitrogens with one attached hydrogen (secondary N) is 1. The van der Waals surface area contributed by atoms with E-state index in [1.54, 1.807) is 41.2 Å². The number of carboxylic acid groups (broad SMARTS) is 1. The molecule has 4 rings (SSSR count). The van der Waals surface area contributed by atoms with Crippen LogP contribution in [0, 0.1) is 0 Å². The minimum atomic E-state index is -1.43. The lowest BCUT2D eigenvalue weighted by Gasteiger charge is -2.50. The number of aromatic nitrogens is 1. The molecule has 2 N–H and O–H groups in total. The molecule has 0 bridgehead atoms. The molecule has 0 spiro atoms. The number of hydrogen-bond donors (Lipinski definition) is 2. The molecule has 2 aliphatic rings. The number of aromatic hydroxyl groups is 1. The van der Waals surface area contributed by atoms with Crippen LogP contribution in [0.1, 0.15) is 0 Å². The van der Waals surface area contributed by atoms with Crippen LogP contribution in [0.2, 0.25) is 0 Å². The number of benzene rings is 1. The summed E-state index contributed by atoms with van der Waals surface area (Å²) in [5, 5.41) is 23.6. The molecular formula is C23H21N3O5S2. The van der Waals surface area contributed by atoms with Crippen LogP contribution in [0.25, 0.3) is 0 Å². The van der Waals surface area contributed by atoms with E-state index in [9.17, 15) is 24.6 Å². The van der Waals surface area contributed by atoms with Crippen molar-refractivity contribution in [1.29, 1.82) is 0 Å². The first-order chi connectivity index (χ1) is 15.9. The second-order valence-corrected chi connectivity index (χ2v) is 9.53. The van der Waals surface area contributed by atoms with Gasteiger partial charge in [-0.3, -0.25) is 14.5 Å². The quantitative estimate of drug-likeness (QED) is 0.318. The topological polar surface area (TPSA) is 114 Å². The van der Waals surface area contributed by atoms with Gasteiger partial charge in [0.15, 0.2) is 18.5 Å². The number of pyridine rings is 1. The Labute approximate surface area is 199 Å². The van der Waals surface area contributed by atoms with E-state index in [0.717, 1.165) is 4.90 Å². The monoisotopic (exact) mass is 483 g/mol. The summed E-state index contributed by atoms with van der Waals surface area (Å²) in [4.78, 5) is 39.0. The number of nitrogens with zero attached hydrogens (tertiary/aromatic N) is 2. The number of carbonyl (C=O) groups excluding carboxylic acids is 3. The molecular weight excluding hydrogens is 462 g/mol. The standard InChI is InChI=1S/C23H21N3O5S2/c27-16-7-5-11-25(12-16)10-4-6-15-13-33-22-19(21(29)26(22)20(15)23(30)31)24-18(28)14-32-17-8-2-1-3-9-17/h1-9,11-12,19,22H,10,13-14H2,(H2-,24,27,28,30,31)/b6-4+/t19-,22-/m1/s1. The molecule has 8 nitrogen and oxygen atoms in total. The Balaban J connectivity index is 1.39. The van der Waals surface area contributed by atoms with E-state index < -0.39 is 23.3 Å². The fourth-order valence-electron chi connectivity index (χ4n) is 3.58. The fourth-order valence-corrected chi connectivity index (χ4v) is 5.63. The average molecular weight is 484 g/mol. The lowest BCUT2D eigenvalue weighted by atomic mass is 10.0. The highest BCUT2D eigenvalue weighted by Gasteiger charge is 2.52. The van der Waals surface area contributed by atoms with Gasteiger partial charge in [-0.05, 0) is 29.8 Å². The van der Waals surface area contributed by atoms with Crippen molar-refractivity contribution in [2.45, 2.75) is 22.9 Å². The third-order valence-corrected chi connectivity index (χ3v) is 7.41. The first kappa shape index (κ1) is 22.9. The minimum absolute atomic E-state index is 0.123. The molecule has 33 heavy (non-hydrogen) atoms. The van der Waals surface area contributed by atoms with Crippen molar-refractivity contribution in [3.05, 3.63) is 78.3 Å². The minimum Gasteiger partial charge on any atom is -0.543 e. The predicted molar refractivity (Wildman–Crippen MR) is 122 cm³/mol. The number of allylic oxidation sites excluding steroid dienone is 2. The summed E-state index contributed by atoms with van der Waals surface area (Å²) in [6, 6.07) is 11.9. The van der Waals surface area contributed by atoms with Crippen molar-refractivity contribution < 1.29 is 29.2 Å². The highest BCUT2D eigenvalue weighted by Crippen LogP contribution is 2.40. The summed E-state index contributed by atoms with van der Waals surface area (Å²) < 4.78 is 1.73. The Morgan fingerprint density at radius 2 is 2.06 bits per heavy atom. The molecule has 2 atom stereocenters. The van der Waals surface area contributed by atoms with Crippen LogP contribution >= 0.6 is 23.5 Å². The molecule has 2 amide bonds. The van der Waals surface area contributed by atoms with Gasteiger partial charge in [0.2, 0.25) is 12.1 Å². The smallest absolute Gasteiger partial charge is 0.253 e. The maximum Gasteiger partial charge on any atom is 0.253 e. The SMILES string of the molecule is O=C(CSc1ccccc1)N[C@@H]1C(=O)N2C(C(=O)[O-])=C(/C=C/C[n+]3cccc(O)c3)CS[C@H]12. The van der Waals surface area contributed by atoms with Crippen LogP contribution in [0.3, 0.4) is 0 Å². The Hall–Kier alpha value is -3.24. The fraction of sp³-hybridized carbons (Fsp3) is 0.217. The molecule has 2 aliphatic heterocycles. The van der Waals surface area contributed by atoms with E-state index in [2.05, 4.69) is 5.32 Å². The molecule has 1 saturated heterocycles. The van der Waals surface area contributed by atoms with Gasteiger partial charge in [-0.1, -0.05) is 24.3 Å². The summed E-state index contributed by atoms with van der Waals surface area (Å²) in [5.74, 6) is -1.52. The molecule has 1 aromatic heterocycles. The van der Waals surface area contributed by atoms with Gasteiger partial charge in [-0.25, -0.2) is 0 Å². The average Bonchev–Trinajstić information content (AvgIpc) is 2.81. The summed E-state index contributed by atoms with van der Waals surface area (Å²) in [6.45, 7) is 0.415. The van der Waals surface area contributed by atoms with Gasteiger partial charge < -0.3 is 20.3 Å². The van der Waals surface area contributed by atoms with Crippen molar-refractivity contribution in [3.8, 4) is 5.75 Å². The van der Waals surface area contributed by atoms with Crippen LogP contribution in [0.15, 0.2) is 83.2 Å². The van der Waals surface area contributed by atoms with Gasteiger partial charge in [-0.2, -0.15) is 4.57 Å². The molecule has 170 valence electrons. The van der Waals surface area contributed by atoms with Crippen molar-refractivity contribution >= 4 is 41.3 Å². The zero-order valence-corrected chi connectivity index (χ0v) is 19.1. The second kappa shape index (κ2) is 10.1.